The van der Waals surface area contributed by atoms with E-state index in [-0.39, 0.29) is 12.0 Å². The number of halogens is 2. The number of piperidine rings is 1. The molecule has 1 aliphatic heterocycles. The monoisotopic (exact) mass is 228 g/mol. The second-order valence-electron chi connectivity index (χ2n) is 4.23. The lowest BCUT2D eigenvalue weighted by molar-refractivity contribution is 0.00933. The molecule has 1 saturated heterocycles. The average molecular weight is 228 g/mol. The van der Waals surface area contributed by atoms with Gasteiger partial charge in [0.1, 0.15) is 11.6 Å². The Morgan fingerprint density at radius 3 is 2.38 bits per heavy atom. The smallest absolute Gasteiger partial charge is 0.147 e. The summed E-state index contributed by atoms with van der Waals surface area (Å²) in [4.78, 5) is 3.42. The summed E-state index contributed by atoms with van der Waals surface area (Å²) >= 11 is 0. The van der Waals surface area contributed by atoms with Crippen molar-refractivity contribution >= 4 is 0 Å². The van der Waals surface area contributed by atoms with Crippen molar-refractivity contribution in [1.29, 1.82) is 0 Å². The van der Waals surface area contributed by atoms with Gasteiger partial charge < -0.3 is 10.4 Å². The molecule has 2 rings (SSSR count). The van der Waals surface area contributed by atoms with Crippen LogP contribution in [0.2, 0.25) is 0 Å². The Kier molecular flexibility index (Phi) is 3.16. The van der Waals surface area contributed by atoms with Crippen molar-refractivity contribution in [1.82, 2.24) is 10.3 Å². The SMILES string of the molecule is OC1(Cc2c(F)cncc2F)CCNCC1. The molecular weight excluding hydrogens is 214 g/mol. The van der Waals surface area contributed by atoms with E-state index in [1.165, 1.54) is 0 Å². The Balaban J connectivity index is 2.19. The summed E-state index contributed by atoms with van der Waals surface area (Å²) in [6.45, 7) is 1.34. The summed E-state index contributed by atoms with van der Waals surface area (Å²) < 4.78 is 26.7. The third-order valence-corrected chi connectivity index (χ3v) is 2.99. The molecule has 0 spiro atoms. The van der Waals surface area contributed by atoms with E-state index in [0.29, 0.717) is 25.9 Å². The summed E-state index contributed by atoms with van der Waals surface area (Å²) in [7, 11) is 0. The molecule has 1 aromatic heterocycles. The molecule has 0 saturated carbocycles. The zero-order chi connectivity index (χ0) is 11.6. The van der Waals surface area contributed by atoms with E-state index in [1.54, 1.807) is 0 Å². The van der Waals surface area contributed by atoms with Gasteiger partial charge in [0.2, 0.25) is 0 Å². The lowest BCUT2D eigenvalue weighted by atomic mass is 9.86. The number of rotatable bonds is 2. The molecule has 0 radical (unpaired) electrons. The highest BCUT2D eigenvalue weighted by Gasteiger charge is 2.31. The largest absolute Gasteiger partial charge is 0.389 e. The molecular formula is C11H14F2N2O. The van der Waals surface area contributed by atoms with Crippen molar-refractivity contribution in [3.8, 4) is 0 Å². The second kappa shape index (κ2) is 4.43. The molecule has 5 heteroatoms. The maximum atomic E-state index is 13.3. The normalized spacial score (nSPS) is 19.7. The summed E-state index contributed by atoms with van der Waals surface area (Å²) in [6, 6.07) is 0. The zero-order valence-corrected chi connectivity index (χ0v) is 8.84. The molecule has 0 amide bonds. The maximum Gasteiger partial charge on any atom is 0.147 e. The molecule has 3 nitrogen and oxygen atoms in total. The van der Waals surface area contributed by atoms with Gasteiger partial charge >= 0.3 is 0 Å². The minimum Gasteiger partial charge on any atom is -0.389 e. The van der Waals surface area contributed by atoms with E-state index in [9.17, 15) is 13.9 Å². The van der Waals surface area contributed by atoms with Crippen molar-refractivity contribution in [2.24, 2.45) is 0 Å². The molecule has 0 aliphatic carbocycles. The highest BCUT2D eigenvalue weighted by Crippen LogP contribution is 2.25. The van der Waals surface area contributed by atoms with Crippen LogP contribution in [-0.2, 0) is 6.42 Å². The average Bonchev–Trinajstić information content (AvgIpc) is 2.25. The van der Waals surface area contributed by atoms with Crippen LogP contribution in [0.1, 0.15) is 18.4 Å². The van der Waals surface area contributed by atoms with Gasteiger partial charge in [-0.25, -0.2) is 8.78 Å². The highest BCUT2D eigenvalue weighted by atomic mass is 19.1. The Bertz CT molecular complexity index is 358. The molecule has 1 aromatic rings. The zero-order valence-electron chi connectivity index (χ0n) is 8.84. The van der Waals surface area contributed by atoms with Crippen molar-refractivity contribution in [3.05, 3.63) is 29.6 Å². The highest BCUT2D eigenvalue weighted by molar-refractivity contribution is 5.18. The predicted octanol–water partition coefficient (Wildman–Crippen LogP) is 1.02. The molecule has 0 aromatic carbocycles. The first-order chi connectivity index (χ1) is 7.61. The van der Waals surface area contributed by atoms with Crippen LogP contribution in [0, 0.1) is 11.6 Å². The van der Waals surface area contributed by atoms with Gasteiger partial charge in [-0.3, -0.25) is 4.98 Å². The van der Waals surface area contributed by atoms with Crippen LogP contribution >= 0.6 is 0 Å². The van der Waals surface area contributed by atoms with Crippen LogP contribution in [0.15, 0.2) is 12.4 Å². The number of aliphatic hydroxyl groups is 1. The van der Waals surface area contributed by atoms with Gasteiger partial charge in [-0.05, 0) is 25.9 Å². The lowest BCUT2D eigenvalue weighted by Crippen LogP contribution is -2.43. The van der Waals surface area contributed by atoms with Gasteiger partial charge in [-0.2, -0.15) is 0 Å². The number of pyridine rings is 1. The molecule has 88 valence electrons. The molecule has 1 aliphatic rings. The molecule has 1 fully saturated rings. The van der Waals surface area contributed by atoms with Crippen LogP contribution < -0.4 is 5.32 Å². The van der Waals surface area contributed by atoms with Gasteiger partial charge in [0.05, 0.1) is 18.0 Å². The Hall–Kier alpha value is -1.07. The lowest BCUT2D eigenvalue weighted by Gasteiger charge is -2.32. The minimum atomic E-state index is -1.01. The Morgan fingerprint density at radius 2 is 1.81 bits per heavy atom. The molecule has 0 atom stereocenters. The van der Waals surface area contributed by atoms with Gasteiger partial charge in [0.25, 0.3) is 0 Å². The molecule has 0 bridgehead atoms. The molecule has 0 unspecified atom stereocenters. The number of hydrogen-bond acceptors (Lipinski definition) is 3. The van der Waals surface area contributed by atoms with Gasteiger partial charge in [0, 0.05) is 12.0 Å². The van der Waals surface area contributed by atoms with E-state index >= 15 is 0 Å². The van der Waals surface area contributed by atoms with Crippen LogP contribution in [-0.4, -0.2) is 28.8 Å². The fraction of sp³-hybridized carbons (Fsp3) is 0.545. The summed E-state index contributed by atoms with van der Waals surface area (Å²) in [6.07, 6.45) is 2.98. The molecule has 2 N–H and O–H groups in total. The maximum absolute atomic E-state index is 13.3. The van der Waals surface area contributed by atoms with Crippen LogP contribution in [0.5, 0.6) is 0 Å². The van der Waals surface area contributed by atoms with Crippen molar-refractivity contribution in [2.75, 3.05) is 13.1 Å². The molecule has 16 heavy (non-hydrogen) atoms. The van der Waals surface area contributed by atoms with E-state index in [1.807, 2.05) is 0 Å². The number of hydrogen-bond donors (Lipinski definition) is 2. The van der Waals surface area contributed by atoms with Gasteiger partial charge in [-0.1, -0.05) is 0 Å². The number of aromatic nitrogens is 1. The van der Waals surface area contributed by atoms with Crippen LogP contribution in [0.4, 0.5) is 8.78 Å². The first-order valence-corrected chi connectivity index (χ1v) is 5.32. The summed E-state index contributed by atoms with van der Waals surface area (Å²) in [5.41, 5.74) is -1.08. The van der Waals surface area contributed by atoms with E-state index in [4.69, 9.17) is 0 Å². The fourth-order valence-corrected chi connectivity index (χ4v) is 2.00. The quantitative estimate of drug-likeness (QED) is 0.794. The van der Waals surface area contributed by atoms with Crippen LogP contribution in [0.25, 0.3) is 0 Å². The second-order valence-corrected chi connectivity index (χ2v) is 4.23. The Labute approximate surface area is 92.5 Å². The van der Waals surface area contributed by atoms with Crippen molar-refractivity contribution in [2.45, 2.75) is 24.9 Å². The molecule has 2 heterocycles. The minimum absolute atomic E-state index is 0.00880. The number of nitrogens with zero attached hydrogens (tertiary/aromatic N) is 1. The standard InChI is InChI=1S/C11H14F2N2O/c12-9-6-15-7-10(13)8(9)5-11(16)1-3-14-4-2-11/h6-7,14,16H,1-5H2. The third-order valence-electron chi connectivity index (χ3n) is 2.99. The first-order valence-electron chi connectivity index (χ1n) is 5.32. The van der Waals surface area contributed by atoms with E-state index in [2.05, 4.69) is 10.3 Å². The first kappa shape index (κ1) is 11.4. The van der Waals surface area contributed by atoms with Crippen LogP contribution in [0.3, 0.4) is 0 Å². The fourth-order valence-electron chi connectivity index (χ4n) is 2.00. The van der Waals surface area contributed by atoms with E-state index in [0.717, 1.165) is 12.4 Å². The Morgan fingerprint density at radius 1 is 1.25 bits per heavy atom. The summed E-state index contributed by atoms with van der Waals surface area (Å²) in [5, 5.41) is 13.3. The predicted molar refractivity (Wildman–Crippen MR) is 54.9 cm³/mol. The van der Waals surface area contributed by atoms with Crippen molar-refractivity contribution < 1.29 is 13.9 Å². The topological polar surface area (TPSA) is 45.2 Å². The third kappa shape index (κ3) is 2.36. The summed E-state index contributed by atoms with van der Waals surface area (Å²) in [5.74, 6) is -1.38. The van der Waals surface area contributed by atoms with Crippen molar-refractivity contribution in [3.63, 3.8) is 0 Å². The number of nitrogens with one attached hydrogen (secondary N) is 1. The van der Waals surface area contributed by atoms with Gasteiger partial charge in [0.15, 0.2) is 0 Å². The van der Waals surface area contributed by atoms with E-state index < -0.39 is 17.2 Å². The van der Waals surface area contributed by atoms with Gasteiger partial charge in [-0.15, -0.1) is 0 Å².